The number of sulfonamides is 1. The van der Waals surface area contributed by atoms with E-state index in [-0.39, 0.29) is 27.0 Å². The Morgan fingerprint density at radius 2 is 1.82 bits per heavy atom. The quantitative estimate of drug-likeness (QED) is 0.256. The first kappa shape index (κ1) is 28.7. The van der Waals surface area contributed by atoms with Gasteiger partial charge in [-0.15, -0.1) is 0 Å². The number of benzene rings is 3. The summed E-state index contributed by atoms with van der Waals surface area (Å²) in [5.41, 5.74) is 0.721. The molecule has 0 radical (unpaired) electrons. The van der Waals surface area contributed by atoms with Crippen LogP contribution in [0.2, 0.25) is 5.02 Å². The highest BCUT2D eigenvalue weighted by atomic mass is 35.5. The Kier molecular flexibility index (Phi) is 9.18. The molecule has 0 spiro atoms. The van der Waals surface area contributed by atoms with E-state index in [1.54, 1.807) is 31.2 Å². The lowest BCUT2D eigenvalue weighted by Crippen LogP contribution is -2.41. The molecular formula is C26H28ClN3O7S. The highest BCUT2D eigenvalue weighted by Crippen LogP contribution is 2.35. The maximum Gasteiger partial charge on any atom is 0.273 e. The van der Waals surface area contributed by atoms with E-state index in [0.717, 1.165) is 15.9 Å². The second-order valence-corrected chi connectivity index (χ2v) is 10.6. The zero-order chi connectivity index (χ0) is 28.0. The molecule has 0 aromatic heterocycles. The molecule has 0 unspecified atom stereocenters. The van der Waals surface area contributed by atoms with Crippen LogP contribution < -0.4 is 19.1 Å². The summed E-state index contributed by atoms with van der Waals surface area (Å²) in [5.74, 6) is 0.220. The monoisotopic (exact) mass is 561 g/mol. The topological polar surface area (TPSA) is 128 Å². The largest absolute Gasteiger partial charge is 0.495 e. The molecule has 3 aromatic carbocycles. The lowest BCUT2D eigenvalue weighted by atomic mass is 10.1. The maximum absolute atomic E-state index is 13.8. The Labute approximate surface area is 226 Å². The average Bonchev–Trinajstić information content (AvgIpc) is 2.87. The van der Waals surface area contributed by atoms with Crippen molar-refractivity contribution in [2.24, 2.45) is 0 Å². The zero-order valence-corrected chi connectivity index (χ0v) is 22.9. The SMILES string of the molecule is CCOc1ccc([C@@H](C)NC(=O)CN(c2cc(Cl)ccc2OC)S(=O)(=O)c2ccc(C)c([N+](=O)[O-])c2)cc1. The molecule has 0 fully saturated rings. The van der Waals surface area contributed by atoms with Gasteiger partial charge in [-0.25, -0.2) is 8.42 Å². The molecule has 0 saturated carbocycles. The summed E-state index contributed by atoms with van der Waals surface area (Å²) in [5, 5.41) is 14.5. The van der Waals surface area contributed by atoms with Gasteiger partial charge in [-0.2, -0.15) is 0 Å². The number of anilines is 1. The molecule has 1 N–H and O–H groups in total. The van der Waals surface area contributed by atoms with Crippen LogP contribution in [0.25, 0.3) is 0 Å². The van der Waals surface area contributed by atoms with Crippen LogP contribution in [0.15, 0.2) is 65.6 Å². The number of hydrogen-bond acceptors (Lipinski definition) is 7. The van der Waals surface area contributed by atoms with Crippen molar-refractivity contribution in [3.63, 3.8) is 0 Å². The van der Waals surface area contributed by atoms with Crippen LogP contribution in [0.4, 0.5) is 11.4 Å². The molecule has 0 heterocycles. The third-order valence-corrected chi connectivity index (χ3v) is 7.72. The van der Waals surface area contributed by atoms with Crippen molar-refractivity contribution in [2.75, 3.05) is 24.6 Å². The predicted octanol–water partition coefficient (Wildman–Crippen LogP) is 5.04. The number of rotatable bonds is 11. The second-order valence-electron chi connectivity index (χ2n) is 8.32. The van der Waals surface area contributed by atoms with E-state index in [1.165, 1.54) is 44.4 Å². The molecule has 0 saturated heterocycles. The lowest BCUT2D eigenvalue weighted by Gasteiger charge is -2.26. The highest BCUT2D eigenvalue weighted by molar-refractivity contribution is 7.92. The summed E-state index contributed by atoms with van der Waals surface area (Å²) in [6, 6.07) is 14.6. The number of aryl methyl sites for hydroxylation is 1. The van der Waals surface area contributed by atoms with E-state index in [1.807, 2.05) is 6.92 Å². The number of nitro benzene ring substituents is 1. The minimum atomic E-state index is -4.47. The standard InChI is InChI=1S/C26H28ClN3O7S/c1-5-37-21-10-7-19(8-11-21)18(3)28-26(31)16-29(24-14-20(27)9-13-25(24)36-4)38(34,35)22-12-6-17(2)23(15-22)30(32)33/h6-15,18H,5,16H2,1-4H3,(H,28,31)/t18-/m1/s1. The molecule has 10 nitrogen and oxygen atoms in total. The third-order valence-electron chi connectivity index (χ3n) is 5.73. The minimum Gasteiger partial charge on any atom is -0.495 e. The van der Waals surface area contributed by atoms with Gasteiger partial charge in [0.2, 0.25) is 5.91 Å². The minimum absolute atomic E-state index is 0.00657. The summed E-state index contributed by atoms with van der Waals surface area (Å²) < 4.78 is 39.2. The molecule has 3 rings (SSSR count). The van der Waals surface area contributed by atoms with Crippen LogP contribution in [-0.4, -0.2) is 39.5 Å². The number of nitro groups is 1. The molecule has 0 aliphatic rings. The first-order valence-corrected chi connectivity index (χ1v) is 13.4. The van der Waals surface area contributed by atoms with Gasteiger partial charge in [0.05, 0.1) is 35.3 Å². The fourth-order valence-electron chi connectivity index (χ4n) is 3.75. The number of halogens is 1. The molecule has 202 valence electrons. The summed E-state index contributed by atoms with van der Waals surface area (Å²) in [6.45, 7) is 5.02. The molecule has 12 heteroatoms. The van der Waals surface area contributed by atoms with E-state index < -0.39 is 33.4 Å². The third kappa shape index (κ3) is 6.53. The lowest BCUT2D eigenvalue weighted by molar-refractivity contribution is -0.385. The molecule has 38 heavy (non-hydrogen) atoms. The van der Waals surface area contributed by atoms with Gasteiger partial charge in [-0.3, -0.25) is 19.2 Å². The van der Waals surface area contributed by atoms with Crippen LogP contribution in [0.3, 0.4) is 0 Å². The smallest absolute Gasteiger partial charge is 0.273 e. The number of hydrogen-bond donors (Lipinski definition) is 1. The molecule has 1 amide bonds. The van der Waals surface area contributed by atoms with Crippen molar-refractivity contribution in [1.29, 1.82) is 0 Å². The summed E-state index contributed by atoms with van der Waals surface area (Å²) in [7, 11) is -3.12. The van der Waals surface area contributed by atoms with Crippen molar-refractivity contribution >= 4 is 38.9 Å². The summed E-state index contributed by atoms with van der Waals surface area (Å²) in [6.07, 6.45) is 0. The van der Waals surface area contributed by atoms with E-state index in [0.29, 0.717) is 17.9 Å². The highest BCUT2D eigenvalue weighted by Gasteiger charge is 2.31. The number of nitrogens with one attached hydrogen (secondary N) is 1. The normalized spacial score (nSPS) is 11.9. The molecule has 1 atom stereocenters. The van der Waals surface area contributed by atoms with Crippen LogP contribution >= 0.6 is 11.6 Å². The second kappa shape index (κ2) is 12.1. The van der Waals surface area contributed by atoms with Crippen molar-refractivity contribution in [3.8, 4) is 11.5 Å². The van der Waals surface area contributed by atoms with Gasteiger partial charge < -0.3 is 14.8 Å². The molecule has 0 bridgehead atoms. The Bertz CT molecular complexity index is 1430. The van der Waals surface area contributed by atoms with E-state index in [2.05, 4.69) is 5.32 Å². The fraction of sp³-hybridized carbons (Fsp3) is 0.269. The van der Waals surface area contributed by atoms with Gasteiger partial charge in [0, 0.05) is 16.7 Å². The average molecular weight is 562 g/mol. The molecule has 3 aromatic rings. The number of ether oxygens (including phenoxy) is 2. The number of carbonyl (C=O) groups excluding carboxylic acids is 1. The summed E-state index contributed by atoms with van der Waals surface area (Å²) in [4.78, 5) is 23.6. The molecule has 0 aliphatic heterocycles. The van der Waals surface area contributed by atoms with Gasteiger partial charge >= 0.3 is 0 Å². The van der Waals surface area contributed by atoms with Crippen LogP contribution in [0, 0.1) is 17.0 Å². The molecular weight excluding hydrogens is 534 g/mol. The van der Waals surface area contributed by atoms with Gasteiger partial charge in [-0.1, -0.05) is 29.8 Å². The predicted molar refractivity (Wildman–Crippen MR) is 145 cm³/mol. The van der Waals surface area contributed by atoms with E-state index >= 15 is 0 Å². The first-order valence-electron chi connectivity index (χ1n) is 11.6. The zero-order valence-electron chi connectivity index (χ0n) is 21.3. The van der Waals surface area contributed by atoms with Crippen molar-refractivity contribution in [1.82, 2.24) is 5.32 Å². The number of nitrogens with zero attached hydrogens (tertiary/aromatic N) is 2. The van der Waals surface area contributed by atoms with E-state index in [4.69, 9.17) is 21.1 Å². The Balaban J connectivity index is 1.99. The Morgan fingerprint density at radius 3 is 2.42 bits per heavy atom. The van der Waals surface area contributed by atoms with Gasteiger partial charge in [-0.05, 0) is 62.7 Å². The first-order chi connectivity index (χ1) is 18.0. The number of amides is 1. The number of methoxy groups -OCH3 is 1. The fourth-order valence-corrected chi connectivity index (χ4v) is 5.36. The van der Waals surface area contributed by atoms with Crippen molar-refractivity contribution < 1.29 is 27.6 Å². The van der Waals surface area contributed by atoms with Gasteiger partial charge in [0.25, 0.3) is 15.7 Å². The van der Waals surface area contributed by atoms with Gasteiger partial charge in [0.1, 0.15) is 18.0 Å². The Hall–Kier alpha value is -3.83. The van der Waals surface area contributed by atoms with E-state index in [9.17, 15) is 23.3 Å². The summed E-state index contributed by atoms with van der Waals surface area (Å²) >= 11 is 6.16. The van der Waals surface area contributed by atoms with Crippen molar-refractivity contribution in [2.45, 2.75) is 31.7 Å². The van der Waals surface area contributed by atoms with Crippen molar-refractivity contribution in [3.05, 3.63) is 86.9 Å². The van der Waals surface area contributed by atoms with Crippen LogP contribution in [0.5, 0.6) is 11.5 Å². The van der Waals surface area contributed by atoms with Gasteiger partial charge in [0.15, 0.2) is 0 Å². The molecule has 0 aliphatic carbocycles. The number of carbonyl (C=O) groups is 1. The van der Waals surface area contributed by atoms with Crippen LogP contribution in [0.1, 0.15) is 31.0 Å². The Morgan fingerprint density at radius 1 is 1.13 bits per heavy atom. The maximum atomic E-state index is 13.8. The van der Waals surface area contributed by atoms with Crippen LogP contribution in [-0.2, 0) is 14.8 Å².